The fourth-order valence-electron chi connectivity index (χ4n) is 4.60. The van der Waals surface area contributed by atoms with Crippen LogP contribution in [0.15, 0.2) is 58.2 Å². The molecular weight excluding hydrogens is 727 g/mol. The number of nitrogens with zero attached hydrogens (tertiary/aromatic N) is 4. The van der Waals surface area contributed by atoms with Crippen molar-refractivity contribution in [3.63, 3.8) is 0 Å². The molecule has 0 radical (unpaired) electrons. The molecule has 1 fully saturated rings. The maximum atomic E-state index is 13.7. The number of benzene rings is 2. The number of aromatic nitrogens is 3. The van der Waals surface area contributed by atoms with Crippen LogP contribution >= 0.6 is 11.3 Å². The molecule has 1 amide bonds. The summed E-state index contributed by atoms with van der Waals surface area (Å²) in [4.78, 5) is 35.6. The average molecular weight is 747 g/mol. The number of piperazine rings is 1. The molecule has 0 aliphatic carbocycles. The minimum Gasteiger partial charge on any atom is -0.406 e. The standard InChI is InChI=1S/C26H19F9N6O6S2/c27-24(28,29)22-37-19-18(21(43)39-22)48-23(38-19)40-9-10-41(49(44,45)16-7-5-15(6-8-16)47-26(33,34)35)17(12-40)20(42)36-11-13-1-3-14(4-2-13)46-25(30,31)32/h1-8,17H,9-12H2,(H,36,42)(H,37,39,43)/t17-/m1/s1. The highest BCUT2D eigenvalue weighted by atomic mass is 32.2. The molecule has 2 aromatic carbocycles. The molecule has 3 heterocycles. The number of anilines is 1. The van der Waals surface area contributed by atoms with Crippen LogP contribution in [-0.2, 0) is 27.5 Å². The smallest absolute Gasteiger partial charge is 0.406 e. The third-order valence-electron chi connectivity index (χ3n) is 6.71. The maximum Gasteiger partial charge on any atom is 0.573 e. The van der Waals surface area contributed by atoms with Crippen LogP contribution < -0.4 is 25.2 Å². The van der Waals surface area contributed by atoms with Crippen molar-refractivity contribution in [2.75, 3.05) is 24.5 Å². The van der Waals surface area contributed by atoms with Gasteiger partial charge in [-0.25, -0.2) is 13.4 Å². The van der Waals surface area contributed by atoms with Crippen molar-refractivity contribution in [3.05, 3.63) is 70.3 Å². The largest absolute Gasteiger partial charge is 0.573 e. The number of amides is 1. The highest BCUT2D eigenvalue weighted by Gasteiger charge is 2.42. The van der Waals surface area contributed by atoms with E-state index in [2.05, 4.69) is 24.8 Å². The summed E-state index contributed by atoms with van der Waals surface area (Å²) in [5.41, 5.74) is -1.41. The lowest BCUT2D eigenvalue weighted by molar-refractivity contribution is -0.275. The number of hydrogen-bond acceptors (Lipinski definition) is 10. The van der Waals surface area contributed by atoms with E-state index in [1.54, 1.807) is 4.98 Å². The van der Waals surface area contributed by atoms with Crippen LogP contribution in [0.25, 0.3) is 10.3 Å². The number of hydrogen-bond donors (Lipinski definition) is 2. The van der Waals surface area contributed by atoms with E-state index in [0.717, 1.165) is 40.7 Å². The Morgan fingerprint density at radius 3 is 2.02 bits per heavy atom. The summed E-state index contributed by atoms with van der Waals surface area (Å²) in [5.74, 6) is -3.79. The highest BCUT2D eigenvalue weighted by molar-refractivity contribution is 7.89. The SMILES string of the molecule is O=C(NCc1ccc(OC(F)(F)F)cc1)[C@H]1CN(c2nc3nc(C(F)(F)F)[nH]c(=O)c3s2)CCN1S(=O)(=O)c1ccc(OC(F)(F)F)cc1. The van der Waals surface area contributed by atoms with Gasteiger partial charge in [-0.2, -0.15) is 22.5 Å². The predicted octanol–water partition coefficient (Wildman–Crippen LogP) is 4.39. The van der Waals surface area contributed by atoms with Crippen molar-refractivity contribution in [3.8, 4) is 11.5 Å². The number of halogens is 9. The summed E-state index contributed by atoms with van der Waals surface area (Å²) < 4.78 is 150. The summed E-state index contributed by atoms with van der Waals surface area (Å²) in [6.07, 6.45) is -15.0. The third kappa shape index (κ3) is 8.51. The Labute approximate surface area is 272 Å². The zero-order valence-corrected chi connectivity index (χ0v) is 25.6. The summed E-state index contributed by atoms with van der Waals surface area (Å²) >= 11 is 0.634. The van der Waals surface area contributed by atoms with Crippen molar-refractivity contribution in [2.24, 2.45) is 0 Å². The minimum absolute atomic E-state index is 0.0731. The molecule has 4 aromatic rings. The van der Waals surface area contributed by atoms with Gasteiger partial charge in [-0.1, -0.05) is 23.5 Å². The highest BCUT2D eigenvalue weighted by Crippen LogP contribution is 2.33. The molecule has 2 N–H and O–H groups in total. The van der Waals surface area contributed by atoms with Gasteiger partial charge in [0, 0.05) is 26.2 Å². The molecule has 1 aliphatic rings. The molecule has 1 saturated heterocycles. The van der Waals surface area contributed by atoms with Gasteiger partial charge in [0.25, 0.3) is 5.56 Å². The first-order valence-electron chi connectivity index (χ1n) is 13.4. The lowest BCUT2D eigenvalue weighted by Crippen LogP contribution is -2.60. The Morgan fingerprint density at radius 2 is 1.47 bits per heavy atom. The lowest BCUT2D eigenvalue weighted by Gasteiger charge is -2.39. The third-order valence-corrected chi connectivity index (χ3v) is 9.74. The van der Waals surface area contributed by atoms with Crippen LogP contribution in [0.4, 0.5) is 44.6 Å². The molecule has 0 unspecified atom stereocenters. The number of rotatable bonds is 8. The summed E-state index contributed by atoms with van der Waals surface area (Å²) in [5, 5.41) is 2.39. The van der Waals surface area contributed by atoms with Gasteiger partial charge in [0.05, 0.1) is 4.90 Å². The topological polar surface area (TPSA) is 147 Å². The molecule has 2 aromatic heterocycles. The van der Waals surface area contributed by atoms with Gasteiger partial charge in [0.2, 0.25) is 21.8 Å². The molecule has 0 spiro atoms. The van der Waals surface area contributed by atoms with E-state index in [0.29, 0.717) is 11.3 Å². The number of thiazole rings is 1. The number of carbonyl (C=O) groups is 1. The molecule has 49 heavy (non-hydrogen) atoms. The van der Waals surface area contributed by atoms with Crippen LogP contribution in [0.3, 0.4) is 0 Å². The normalized spacial score (nSPS) is 16.5. The van der Waals surface area contributed by atoms with Crippen LogP contribution in [0.5, 0.6) is 11.5 Å². The molecule has 1 aliphatic heterocycles. The van der Waals surface area contributed by atoms with E-state index >= 15 is 0 Å². The zero-order chi connectivity index (χ0) is 35.9. The van der Waals surface area contributed by atoms with Gasteiger partial charge in [-0.05, 0) is 42.0 Å². The van der Waals surface area contributed by atoms with Gasteiger partial charge < -0.3 is 24.7 Å². The Balaban J connectivity index is 1.42. The first-order valence-corrected chi connectivity index (χ1v) is 15.7. The van der Waals surface area contributed by atoms with Crippen LogP contribution in [-0.4, -0.2) is 72.0 Å². The minimum atomic E-state index is -5.05. The summed E-state index contributed by atoms with van der Waals surface area (Å²) in [6.45, 7) is -1.43. The molecule has 1 atom stereocenters. The molecule has 12 nitrogen and oxygen atoms in total. The fraction of sp³-hybridized carbons (Fsp3) is 0.308. The quantitative estimate of drug-likeness (QED) is 0.251. The van der Waals surface area contributed by atoms with Crippen molar-refractivity contribution >= 4 is 42.7 Å². The second kappa shape index (κ2) is 13.0. The number of carbonyl (C=O) groups excluding carboxylic acids is 1. The van der Waals surface area contributed by atoms with Crippen molar-refractivity contribution < 1.29 is 62.2 Å². The predicted molar refractivity (Wildman–Crippen MR) is 151 cm³/mol. The van der Waals surface area contributed by atoms with E-state index in [1.165, 1.54) is 17.0 Å². The molecule has 23 heteroatoms. The first kappa shape index (κ1) is 35.7. The number of ether oxygens (including phenoxy) is 2. The van der Waals surface area contributed by atoms with Gasteiger partial charge in [-0.15, -0.1) is 26.3 Å². The number of fused-ring (bicyclic) bond motifs is 1. The number of nitrogens with one attached hydrogen (secondary N) is 2. The van der Waals surface area contributed by atoms with E-state index in [-0.39, 0.29) is 28.5 Å². The van der Waals surface area contributed by atoms with Crippen molar-refractivity contribution in [1.29, 1.82) is 0 Å². The van der Waals surface area contributed by atoms with Gasteiger partial charge >= 0.3 is 18.9 Å². The lowest BCUT2D eigenvalue weighted by atomic mass is 10.1. The van der Waals surface area contributed by atoms with Crippen LogP contribution in [0.2, 0.25) is 0 Å². The molecule has 0 saturated carbocycles. The van der Waals surface area contributed by atoms with Gasteiger partial charge in [0.1, 0.15) is 22.2 Å². The molecular formula is C26H19F9N6O6S2. The molecule has 5 rings (SSSR count). The van der Waals surface area contributed by atoms with Crippen molar-refractivity contribution in [1.82, 2.24) is 24.6 Å². The molecule has 264 valence electrons. The van der Waals surface area contributed by atoms with Gasteiger partial charge in [0.15, 0.2) is 10.8 Å². The second-order valence-electron chi connectivity index (χ2n) is 10.1. The number of sulfonamides is 1. The van der Waals surface area contributed by atoms with Crippen LogP contribution in [0.1, 0.15) is 11.4 Å². The second-order valence-corrected chi connectivity index (χ2v) is 12.9. The van der Waals surface area contributed by atoms with E-state index < -0.39 is 87.4 Å². The maximum absolute atomic E-state index is 13.7. The monoisotopic (exact) mass is 746 g/mol. The number of aromatic amines is 1. The van der Waals surface area contributed by atoms with E-state index in [1.807, 2.05) is 0 Å². The Morgan fingerprint density at radius 1 is 0.898 bits per heavy atom. The summed E-state index contributed by atoms with van der Waals surface area (Å²) in [7, 11) is -4.60. The average Bonchev–Trinajstić information content (AvgIpc) is 3.44. The Hall–Kier alpha value is -4.64. The summed E-state index contributed by atoms with van der Waals surface area (Å²) in [6, 6.07) is 5.92. The number of alkyl halides is 9. The first-order chi connectivity index (χ1) is 22.7. The molecule has 0 bridgehead atoms. The number of H-pyrrole nitrogens is 1. The van der Waals surface area contributed by atoms with Crippen molar-refractivity contribution in [2.45, 2.75) is 36.4 Å². The van der Waals surface area contributed by atoms with E-state index in [9.17, 15) is 57.5 Å². The van der Waals surface area contributed by atoms with Gasteiger partial charge in [-0.3, -0.25) is 9.59 Å². The van der Waals surface area contributed by atoms with Crippen LogP contribution in [0, 0.1) is 0 Å². The van der Waals surface area contributed by atoms with E-state index in [4.69, 9.17) is 0 Å². The Kier molecular flexibility index (Phi) is 9.46. The Bertz CT molecular complexity index is 2000. The zero-order valence-electron chi connectivity index (χ0n) is 24.0. The fourth-order valence-corrected chi connectivity index (χ4v) is 7.10.